The van der Waals surface area contributed by atoms with Crippen molar-refractivity contribution >= 4 is 64.4 Å². The van der Waals surface area contributed by atoms with E-state index in [0.29, 0.717) is 24.0 Å². The topological polar surface area (TPSA) is 237 Å². The zero-order valence-electron chi connectivity index (χ0n) is 22.0. The Morgan fingerprint density at radius 2 is 2.05 bits per heavy atom. The van der Waals surface area contributed by atoms with Crippen LogP contribution in [0.25, 0.3) is 22.3 Å². The summed E-state index contributed by atoms with van der Waals surface area (Å²) >= 11 is 5.98. The fourth-order valence-electron chi connectivity index (χ4n) is 4.23. The molecule has 0 amide bonds. The van der Waals surface area contributed by atoms with Crippen molar-refractivity contribution < 1.29 is 32.9 Å². The van der Waals surface area contributed by atoms with Gasteiger partial charge in [0.15, 0.2) is 22.6 Å². The summed E-state index contributed by atoms with van der Waals surface area (Å²) in [5.74, 6) is -0.0510. The van der Waals surface area contributed by atoms with Gasteiger partial charge in [0.05, 0.1) is 44.0 Å². The van der Waals surface area contributed by atoms with E-state index in [0.717, 1.165) is 11.8 Å². The number of thioether (sulfide) groups is 1. The molecule has 17 nitrogen and oxygen atoms in total. The summed E-state index contributed by atoms with van der Waals surface area (Å²) in [6, 6.07) is 0. The van der Waals surface area contributed by atoms with Crippen molar-refractivity contribution in [2.75, 3.05) is 30.6 Å². The number of alkyl halides is 1. The standard InChI is InChI=1S/C21H28FN10O7PS2/c1-10(33)4-36-9-42-20(32-8-28-14-18(32)29-21(24)30-19(14)34)15(22)39-40(35,41)37-5-11-2-3-12(38-11)31-7-27-13-16(23)25-6-26-17(13)31/h6-8,10-12,15,20,33H,2-5,9H2,1H3,(H,35,41)(H2,23,25,26)(H3,24,29,30,34)/t10?,11-,12+,15-,20+,40?/m0/s1. The highest BCUT2D eigenvalue weighted by Crippen LogP contribution is 2.49. The van der Waals surface area contributed by atoms with Crippen LogP contribution in [0, 0.1) is 0 Å². The molecule has 21 heteroatoms. The van der Waals surface area contributed by atoms with Crippen LogP contribution in [0.4, 0.5) is 16.2 Å². The lowest BCUT2D eigenvalue weighted by molar-refractivity contribution is -0.0268. The minimum atomic E-state index is -4.14. The molecular weight excluding hydrogens is 618 g/mol. The predicted octanol–water partition coefficient (Wildman–Crippen LogP) is 0.934. The Balaban J connectivity index is 1.24. The van der Waals surface area contributed by atoms with E-state index in [9.17, 15) is 14.8 Å². The summed E-state index contributed by atoms with van der Waals surface area (Å²) in [6.45, 7) is -2.78. The van der Waals surface area contributed by atoms with Crippen LogP contribution in [0.1, 0.15) is 31.4 Å². The third-order valence-electron chi connectivity index (χ3n) is 6.07. The zero-order valence-corrected chi connectivity index (χ0v) is 24.5. The Morgan fingerprint density at radius 3 is 2.83 bits per heavy atom. The summed E-state index contributed by atoms with van der Waals surface area (Å²) in [5, 5.41) is 8.16. The van der Waals surface area contributed by atoms with Gasteiger partial charge in [-0.25, -0.2) is 24.3 Å². The van der Waals surface area contributed by atoms with Crippen LogP contribution >= 0.6 is 18.5 Å². The first-order chi connectivity index (χ1) is 20.0. The maximum absolute atomic E-state index is 15.7. The van der Waals surface area contributed by atoms with Gasteiger partial charge in [-0.15, -0.1) is 11.8 Å². The molecule has 0 spiro atoms. The van der Waals surface area contributed by atoms with Gasteiger partial charge in [-0.05, 0) is 31.6 Å². The van der Waals surface area contributed by atoms with Crippen LogP contribution in [0.3, 0.4) is 0 Å². The molecule has 6 atom stereocenters. The minimum absolute atomic E-state index is 0.00819. The van der Waals surface area contributed by atoms with Gasteiger partial charge in [-0.1, -0.05) is 0 Å². The van der Waals surface area contributed by atoms with Crippen molar-refractivity contribution in [1.29, 1.82) is 0 Å². The summed E-state index contributed by atoms with van der Waals surface area (Å²) < 4.78 is 40.6. The minimum Gasteiger partial charge on any atom is -0.391 e. The second-order valence-corrected chi connectivity index (χ2v) is 13.1. The zero-order chi connectivity index (χ0) is 30.0. The number of nitrogens with one attached hydrogen (secondary N) is 1. The van der Waals surface area contributed by atoms with E-state index in [1.165, 1.54) is 24.1 Å². The number of anilines is 2. The van der Waals surface area contributed by atoms with Crippen molar-refractivity contribution in [2.24, 2.45) is 0 Å². The molecule has 5 rings (SSSR count). The summed E-state index contributed by atoms with van der Waals surface area (Å²) in [5.41, 5.74) is 11.8. The molecule has 0 aliphatic carbocycles. The Hall–Kier alpha value is -2.81. The maximum Gasteiger partial charge on any atom is 0.327 e. The molecule has 4 aromatic heterocycles. The van der Waals surface area contributed by atoms with Gasteiger partial charge in [0.1, 0.15) is 23.4 Å². The number of nitrogen functional groups attached to an aromatic ring is 2. The number of aromatic amines is 1. The maximum atomic E-state index is 15.7. The van der Waals surface area contributed by atoms with Crippen molar-refractivity contribution in [3.05, 3.63) is 29.3 Å². The van der Waals surface area contributed by atoms with Crippen molar-refractivity contribution in [3.8, 4) is 0 Å². The molecule has 2 unspecified atom stereocenters. The number of aliphatic hydroxyl groups is 1. The summed E-state index contributed by atoms with van der Waals surface area (Å²) in [7, 11) is 0. The summed E-state index contributed by atoms with van der Waals surface area (Å²) in [6.07, 6.45) is 1.27. The molecule has 5 heterocycles. The SMILES string of the molecule is CC(O)COCS[C@H]([C@@H](F)OP(O)(=S)OC[C@@H]1CC[C@H](n2cnc3c(N)ncnc32)O1)n1cnc2c(=O)[nH]c(N)nc21. The first-order valence-corrected chi connectivity index (χ1v) is 16.1. The monoisotopic (exact) mass is 646 g/mol. The van der Waals surface area contributed by atoms with Crippen molar-refractivity contribution in [1.82, 2.24) is 39.0 Å². The fourth-order valence-corrected chi connectivity index (χ4v) is 6.38. The molecule has 7 N–H and O–H groups in total. The number of halogens is 1. The van der Waals surface area contributed by atoms with E-state index in [-0.39, 0.29) is 42.1 Å². The number of aromatic nitrogens is 8. The van der Waals surface area contributed by atoms with E-state index >= 15 is 4.39 Å². The summed E-state index contributed by atoms with van der Waals surface area (Å²) in [4.78, 5) is 45.7. The Bertz CT molecular complexity index is 1650. The van der Waals surface area contributed by atoms with Gasteiger partial charge in [0, 0.05) is 0 Å². The number of nitrogens with two attached hydrogens (primary N) is 2. The lowest BCUT2D eigenvalue weighted by Gasteiger charge is -2.26. The average Bonchev–Trinajstić information content (AvgIpc) is 3.66. The molecule has 42 heavy (non-hydrogen) atoms. The molecule has 0 bridgehead atoms. The van der Waals surface area contributed by atoms with Gasteiger partial charge in [-0.2, -0.15) is 4.98 Å². The smallest absolute Gasteiger partial charge is 0.327 e. The van der Waals surface area contributed by atoms with Crippen molar-refractivity contribution in [2.45, 2.75) is 49.9 Å². The average molecular weight is 647 g/mol. The highest BCUT2D eigenvalue weighted by molar-refractivity contribution is 8.07. The Morgan fingerprint density at radius 1 is 1.26 bits per heavy atom. The van der Waals surface area contributed by atoms with Gasteiger partial charge < -0.3 is 35.5 Å². The number of ether oxygens (including phenoxy) is 2. The van der Waals surface area contributed by atoms with E-state index in [4.69, 9.17) is 41.8 Å². The molecule has 1 fully saturated rings. The number of hydrogen-bond acceptors (Lipinski definition) is 15. The fraction of sp³-hybridized carbons (Fsp3) is 0.524. The number of fused-ring (bicyclic) bond motifs is 2. The molecule has 1 aliphatic rings. The number of imidazole rings is 2. The number of rotatable bonds is 13. The van der Waals surface area contributed by atoms with Gasteiger partial charge >= 0.3 is 6.72 Å². The van der Waals surface area contributed by atoms with Crippen LogP contribution < -0.4 is 17.0 Å². The van der Waals surface area contributed by atoms with E-state index in [2.05, 4.69) is 29.9 Å². The number of aliphatic hydroxyl groups excluding tert-OH is 1. The highest BCUT2D eigenvalue weighted by atomic mass is 32.5. The Labute approximate surface area is 246 Å². The molecular formula is C21H28FN10O7PS2. The normalized spacial score (nSPS) is 21.0. The van der Waals surface area contributed by atoms with Gasteiger partial charge in [0.25, 0.3) is 5.56 Å². The molecule has 0 saturated carbocycles. The second kappa shape index (κ2) is 12.8. The Kier molecular flexibility index (Phi) is 9.35. The molecule has 0 aromatic carbocycles. The molecule has 4 aromatic rings. The first kappa shape index (κ1) is 30.6. The molecule has 1 aliphatic heterocycles. The number of hydrogen-bond donors (Lipinski definition) is 5. The van der Waals surface area contributed by atoms with Crippen molar-refractivity contribution in [3.63, 3.8) is 0 Å². The molecule has 0 radical (unpaired) electrons. The second-order valence-electron chi connectivity index (χ2n) is 9.26. The van der Waals surface area contributed by atoms with Crippen LogP contribution in [0.15, 0.2) is 23.8 Å². The lowest BCUT2D eigenvalue weighted by Crippen LogP contribution is -2.23. The quantitative estimate of drug-likeness (QED) is 0.0771. The third-order valence-corrected chi connectivity index (χ3v) is 8.67. The lowest BCUT2D eigenvalue weighted by atomic mass is 10.2. The van der Waals surface area contributed by atoms with Crippen LogP contribution in [-0.4, -0.2) is 86.8 Å². The van der Waals surface area contributed by atoms with E-state index < -0.39 is 42.4 Å². The first-order valence-electron chi connectivity index (χ1n) is 12.5. The van der Waals surface area contributed by atoms with Crippen LogP contribution in [0.5, 0.6) is 0 Å². The number of H-pyrrole nitrogens is 1. The van der Waals surface area contributed by atoms with Crippen LogP contribution in [-0.2, 0) is 30.3 Å². The predicted molar refractivity (Wildman–Crippen MR) is 153 cm³/mol. The van der Waals surface area contributed by atoms with Gasteiger partial charge in [-0.3, -0.25) is 23.4 Å². The van der Waals surface area contributed by atoms with Crippen LogP contribution in [0.2, 0.25) is 0 Å². The number of nitrogens with zero attached hydrogens (tertiary/aromatic N) is 7. The highest BCUT2D eigenvalue weighted by Gasteiger charge is 2.35. The van der Waals surface area contributed by atoms with Gasteiger partial charge in [0.2, 0.25) is 12.3 Å². The molecule has 228 valence electrons. The third kappa shape index (κ3) is 6.87. The van der Waals surface area contributed by atoms with E-state index in [1.807, 2.05) is 0 Å². The largest absolute Gasteiger partial charge is 0.391 e. The molecule has 1 saturated heterocycles. The van der Waals surface area contributed by atoms with E-state index in [1.54, 1.807) is 10.9 Å².